The fourth-order valence-electron chi connectivity index (χ4n) is 5.96. The first kappa shape index (κ1) is 37.7. The second-order valence-corrected chi connectivity index (χ2v) is 13.5. The summed E-state index contributed by atoms with van der Waals surface area (Å²) >= 11 is 0. The first-order valence-electron chi connectivity index (χ1n) is 15.8. The first-order valence-corrected chi connectivity index (χ1v) is 17.6. The molecule has 52 heavy (non-hydrogen) atoms. The fraction of sp³-hybridized carbons (Fsp3) is 0.286. The third-order valence-electron chi connectivity index (χ3n) is 8.44. The van der Waals surface area contributed by atoms with Crippen LogP contribution >= 0.6 is 0 Å². The lowest BCUT2D eigenvalue weighted by molar-refractivity contribution is -0.137. The van der Waals surface area contributed by atoms with Crippen molar-refractivity contribution in [3.63, 3.8) is 0 Å². The molecule has 1 aromatic heterocycles. The molecule has 0 spiro atoms. The van der Waals surface area contributed by atoms with Crippen LogP contribution in [0.5, 0.6) is 0 Å². The molecule has 1 aliphatic rings. The van der Waals surface area contributed by atoms with Crippen molar-refractivity contribution in [2.45, 2.75) is 37.5 Å². The molecule has 1 aliphatic heterocycles. The number of halogens is 4. The zero-order valence-corrected chi connectivity index (χ0v) is 28.8. The summed E-state index contributed by atoms with van der Waals surface area (Å²) in [6, 6.07) is 16.2. The number of amides is 3. The molecule has 1 N–H and O–H groups in total. The minimum atomic E-state index is -4.76. The van der Waals surface area contributed by atoms with Gasteiger partial charge in [-0.15, -0.1) is 0 Å². The van der Waals surface area contributed by atoms with Crippen LogP contribution in [0.25, 0.3) is 5.69 Å². The number of aromatic nitrogens is 2. The van der Waals surface area contributed by atoms with Crippen molar-refractivity contribution in [1.29, 1.82) is 5.26 Å². The van der Waals surface area contributed by atoms with Gasteiger partial charge >= 0.3 is 6.18 Å². The fourth-order valence-corrected chi connectivity index (χ4v) is 6.36. The molecule has 0 bridgehead atoms. The molecule has 0 radical (unpaired) electrons. The maximum absolute atomic E-state index is 14.4. The van der Waals surface area contributed by atoms with E-state index in [9.17, 15) is 45.6 Å². The molecule has 1 unspecified atom stereocenters. The molecule has 5 rings (SSSR count). The van der Waals surface area contributed by atoms with Crippen molar-refractivity contribution in [3.8, 4) is 11.8 Å². The predicted molar refractivity (Wildman–Crippen MR) is 179 cm³/mol. The van der Waals surface area contributed by atoms with E-state index in [2.05, 4.69) is 10.4 Å². The monoisotopic (exact) mass is 740 g/mol. The van der Waals surface area contributed by atoms with Crippen molar-refractivity contribution >= 4 is 33.7 Å². The highest BCUT2D eigenvalue weighted by Crippen LogP contribution is 2.44. The predicted octanol–water partition coefficient (Wildman–Crippen LogP) is 4.66. The molecular formula is C35H32F4N6O6S. The molecule has 3 aromatic carbocycles. The van der Waals surface area contributed by atoms with Gasteiger partial charge in [0, 0.05) is 37.1 Å². The smallest absolute Gasteiger partial charge is 0.339 e. The quantitative estimate of drug-likeness (QED) is 0.172. The zero-order chi connectivity index (χ0) is 38.0. The number of para-hydroxylation sites is 1. The Kier molecular flexibility index (Phi) is 10.8. The van der Waals surface area contributed by atoms with Gasteiger partial charge < -0.3 is 10.2 Å². The molecule has 2 heterocycles. The van der Waals surface area contributed by atoms with Gasteiger partial charge in [0.2, 0.25) is 0 Å². The Labute approximate surface area is 296 Å². The van der Waals surface area contributed by atoms with Crippen LogP contribution < -0.4 is 10.2 Å². The van der Waals surface area contributed by atoms with Crippen molar-refractivity contribution in [2.24, 2.45) is 0 Å². The van der Waals surface area contributed by atoms with E-state index >= 15 is 0 Å². The maximum atomic E-state index is 14.4. The van der Waals surface area contributed by atoms with Crippen LogP contribution in [0, 0.1) is 17.1 Å². The molecule has 17 heteroatoms. The second kappa shape index (κ2) is 14.9. The van der Waals surface area contributed by atoms with E-state index in [1.54, 1.807) is 37.3 Å². The highest BCUT2D eigenvalue weighted by molar-refractivity contribution is 7.85. The molecule has 3 atom stereocenters. The van der Waals surface area contributed by atoms with Crippen molar-refractivity contribution < 1.29 is 44.5 Å². The number of hydrogen-bond donors (Lipinski definition) is 1. The largest absolute Gasteiger partial charge is 0.416 e. The number of nitriles is 1. The van der Waals surface area contributed by atoms with Gasteiger partial charge in [-0.1, -0.05) is 36.4 Å². The summed E-state index contributed by atoms with van der Waals surface area (Å²) in [4.78, 5) is 44.8. The number of benzene rings is 3. The van der Waals surface area contributed by atoms with E-state index in [-0.39, 0.29) is 35.6 Å². The number of carbonyl (C=O) groups excluding carboxylic acids is 3. The molecular weight excluding hydrogens is 708 g/mol. The number of likely N-dealkylation sites (N-methyl/N-ethyl adjacent to an activating group) is 1. The third kappa shape index (κ3) is 7.82. The summed E-state index contributed by atoms with van der Waals surface area (Å²) in [7, 11) is -2.55. The molecule has 0 fully saturated rings. The van der Waals surface area contributed by atoms with Crippen molar-refractivity contribution in [3.05, 3.63) is 113 Å². The van der Waals surface area contributed by atoms with Gasteiger partial charge in [0.15, 0.2) is 5.69 Å². The number of carbonyl (C=O) groups is 3. The number of hydrogen-bond acceptors (Lipinski definition) is 8. The molecule has 272 valence electrons. The van der Waals surface area contributed by atoms with E-state index in [0.717, 1.165) is 41.5 Å². The third-order valence-corrected chi connectivity index (χ3v) is 9.04. The summed E-state index contributed by atoms with van der Waals surface area (Å²) in [6.07, 6.45) is -4.12. The van der Waals surface area contributed by atoms with Crippen molar-refractivity contribution in [2.75, 3.05) is 31.4 Å². The second-order valence-electron chi connectivity index (χ2n) is 11.9. The maximum Gasteiger partial charge on any atom is 0.416 e. The summed E-state index contributed by atoms with van der Waals surface area (Å²) < 4.78 is 84.1. The number of alkyl halides is 3. The van der Waals surface area contributed by atoms with Gasteiger partial charge in [0.05, 0.1) is 30.2 Å². The van der Waals surface area contributed by atoms with Gasteiger partial charge in [-0.05, 0) is 55.0 Å². The average Bonchev–Trinajstić information content (AvgIpc) is 3.50. The van der Waals surface area contributed by atoms with Gasteiger partial charge in [-0.25, -0.2) is 9.07 Å². The normalized spacial score (nSPS) is 16.5. The van der Waals surface area contributed by atoms with E-state index in [1.165, 1.54) is 28.8 Å². The Hall–Kier alpha value is -5.60. The minimum Gasteiger partial charge on any atom is -0.339 e. The average molecular weight is 741 g/mol. The van der Waals surface area contributed by atoms with Crippen LogP contribution in [0.3, 0.4) is 0 Å². The Morgan fingerprint density at radius 3 is 2.35 bits per heavy atom. The summed E-state index contributed by atoms with van der Waals surface area (Å²) in [5.41, 5.74) is -0.954. The number of nitrogens with zero attached hydrogens (tertiary/aromatic N) is 5. The van der Waals surface area contributed by atoms with Gasteiger partial charge in [-0.2, -0.15) is 31.9 Å². The van der Waals surface area contributed by atoms with Crippen LogP contribution in [-0.4, -0.2) is 79.4 Å². The molecule has 0 saturated heterocycles. The van der Waals surface area contributed by atoms with E-state index in [0.29, 0.717) is 11.8 Å². The van der Waals surface area contributed by atoms with Crippen LogP contribution in [0.1, 0.15) is 56.8 Å². The molecule has 3 amide bonds. The number of rotatable bonds is 11. The SMILES string of the molecule is CCN1C(=O)[C@@H](NC(=O)c2cccc(C(F)(F)F)c2)[C@@H](c2ccc(F)cc2)c2c(C(=O)N(C)C(C#N)CCOS(C)(=O)=O)nn(-c3ccccc3)c21. The van der Waals surface area contributed by atoms with Crippen LogP contribution in [-0.2, 0) is 25.3 Å². The van der Waals surface area contributed by atoms with E-state index in [4.69, 9.17) is 4.18 Å². The first-order chi connectivity index (χ1) is 24.6. The lowest BCUT2D eigenvalue weighted by atomic mass is 9.80. The van der Waals surface area contributed by atoms with Crippen molar-refractivity contribution in [1.82, 2.24) is 20.0 Å². The highest BCUT2D eigenvalue weighted by Gasteiger charge is 2.48. The van der Waals surface area contributed by atoms with Gasteiger partial charge in [-0.3, -0.25) is 23.5 Å². The summed E-state index contributed by atoms with van der Waals surface area (Å²) in [6.45, 7) is 1.21. The number of nitrogens with one attached hydrogen (secondary N) is 1. The molecule has 12 nitrogen and oxygen atoms in total. The lowest BCUT2D eigenvalue weighted by Crippen LogP contribution is -2.55. The van der Waals surface area contributed by atoms with Gasteiger partial charge in [0.1, 0.15) is 23.7 Å². The topological polar surface area (TPSA) is 155 Å². The Morgan fingerprint density at radius 1 is 1.08 bits per heavy atom. The standard InChI is InChI=1S/C35H32F4N6O6S/c1-4-44-32-28(30(42-45(32)25-11-6-5-7-12-25)33(47)43(2)26(20-40)17-18-51-52(3,49)50)27(21-13-15-24(36)16-14-21)29(34(44)48)41-31(46)22-9-8-10-23(19-22)35(37,38)39/h5-16,19,26-27,29H,4,17-18H2,1-3H3,(H,41,46)/t26?,27-,29-/m0/s1. The van der Waals surface area contributed by atoms with E-state index in [1.807, 2.05) is 6.07 Å². The Bertz CT molecular complexity index is 2140. The van der Waals surface area contributed by atoms with Crippen LogP contribution in [0.2, 0.25) is 0 Å². The minimum absolute atomic E-state index is 0.0104. The molecule has 0 saturated carbocycles. The van der Waals surface area contributed by atoms with E-state index < -0.39 is 75.6 Å². The molecule has 0 aliphatic carbocycles. The Balaban J connectivity index is 1.70. The summed E-state index contributed by atoms with van der Waals surface area (Å²) in [5.74, 6) is -4.29. The highest BCUT2D eigenvalue weighted by atomic mass is 32.2. The van der Waals surface area contributed by atoms with Crippen LogP contribution in [0.15, 0.2) is 78.9 Å². The molecule has 4 aromatic rings. The number of fused-ring (bicyclic) bond motifs is 1. The zero-order valence-electron chi connectivity index (χ0n) is 28.0. The number of anilines is 1. The van der Waals surface area contributed by atoms with Crippen LogP contribution in [0.4, 0.5) is 23.4 Å². The summed E-state index contributed by atoms with van der Waals surface area (Å²) in [5, 5.41) is 17.2. The van der Waals surface area contributed by atoms with Gasteiger partial charge in [0.25, 0.3) is 27.8 Å². The Morgan fingerprint density at radius 2 is 1.75 bits per heavy atom. The lowest BCUT2D eigenvalue weighted by Gasteiger charge is -2.38.